The van der Waals surface area contributed by atoms with Gasteiger partial charge in [0, 0.05) is 13.0 Å². The lowest BCUT2D eigenvalue weighted by Gasteiger charge is -2.30. The number of carboxylic acid groups (broad SMARTS) is 1. The molecule has 1 aromatic rings. The predicted octanol–water partition coefficient (Wildman–Crippen LogP) is 0.347. The Kier molecular flexibility index (Phi) is 3.65. The molecule has 0 bridgehead atoms. The van der Waals surface area contributed by atoms with E-state index in [4.69, 9.17) is 4.74 Å². The molecule has 1 unspecified atom stereocenters. The highest BCUT2D eigenvalue weighted by atomic mass is 16.5. The number of ether oxygens (including phenoxy) is 1. The van der Waals surface area contributed by atoms with Crippen molar-refractivity contribution in [2.24, 2.45) is 0 Å². The van der Waals surface area contributed by atoms with Gasteiger partial charge < -0.3 is 19.8 Å². The van der Waals surface area contributed by atoms with Crippen molar-refractivity contribution in [2.75, 3.05) is 13.2 Å². The number of rotatable bonds is 2. The van der Waals surface area contributed by atoms with Gasteiger partial charge in [-0.1, -0.05) is 24.3 Å². The molecule has 0 aliphatic carbocycles. The molecule has 3 rings (SSSR count). The Labute approximate surface area is 121 Å². The van der Waals surface area contributed by atoms with E-state index in [1.54, 1.807) is 0 Å². The monoisotopic (exact) mass is 291 g/mol. The number of aliphatic carboxylic acids is 1. The van der Waals surface area contributed by atoms with E-state index in [9.17, 15) is 19.8 Å². The number of hydrogen-bond acceptors (Lipinski definition) is 4. The van der Waals surface area contributed by atoms with Crippen molar-refractivity contribution in [3.8, 4) is 0 Å². The fraction of sp³-hybridized carbons (Fsp3) is 0.467. The number of benzene rings is 1. The zero-order valence-electron chi connectivity index (χ0n) is 11.4. The van der Waals surface area contributed by atoms with Crippen LogP contribution in [0.3, 0.4) is 0 Å². The summed E-state index contributed by atoms with van der Waals surface area (Å²) in [5.41, 5.74) is 1.84. The molecule has 0 radical (unpaired) electrons. The minimum Gasteiger partial charge on any atom is -0.480 e. The van der Waals surface area contributed by atoms with Crippen molar-refractivity contribution in [2.45, 2.75) is 31.1 Å². The van der Waals surface area contributed by atoms with Gasteiger partial charge in [-0.15, -0.1) is 0 Å². The third-order valence-electron chi connectivity index (χ3n) is 4.06. The topological polar surface area (TPSA) is 87.1 Å². The van der Waals surface area contributed by atoms with E-state index in [2.05, 4.69) is 0 Å². The maximum absolute atomic E-state index is 12.7. The second-order valence-electron chi connectivity index (χ2n) is 5.43. The average Bonchev–Trinajstić information content (AvgIpc) is 2.88. The number of aliphatic hydroxyl groups is 1. The van der Waals surface area contributed by atoms with Crippen LogP contribution in [0, 0.1) is 0 Å². The first kappa shape index (κ1) is 14.0. The van der Waals surface area contributed by atoms with Crippen molar-refractivity contribution in [1.82, 2.24) is 4.90 Å². The van der Waals surface area contributed by atoms with Crippen LogP contribution in [0.2, 0.25) is 0 Å². The summed E-state index contributed by atoms with van der Waals surface area (Å²) in [5.74, 6) is -1.48. The molecule has 1 amide bonds. The number of likely N-dealkylation sites (tertiary alicyclic amines) is 1. The van der Waals surface area contributed by atoms with E-state index in [0.717, 1.165) is 17.5 Å². The van der Waals surface area contributed by atoms with Crippen molar-refractivity contribution in [3.63, 3.8) is 0 Å². The third kappa shape index (κ3) is 2.52. The van der Waals surface area contributed by atoms with E-state index in [1.165, 1.54) is 4.90 Å². The molecule has 112 valence electrons. The minimum atomic E-state index is -1.09. The molecule has 3 atom stereocenters. The van der Waals surface area contributed by atoms with E-state index in [1.807, 2.05) is 24.3 Å². The third-order valence-corrected chi connectivity index (χ3v) is 4.06. The minimum absolute atomic E-state index is 0.0395. The second-order valence-corrected chi connectivity index (χ2v) is 5.43. The van der Waals surface area contributed by atoms with Crippen molar-refractivity contribution in [3.05, 3.63) is 35.4 Å². The van der Waals surface area contributed by atoms with Gasteiger partial charge in [-0.05, 0) is 17.5 Å². The molecule has 1 fully saturated rings. The van der Waals surface area contributed by atoms with Gasteiger partial charge in [-0.3, -0.25) is 4.79 Å². The van der Waals surface area contributed by atoms with Crippen molar-refractivity contribution in [1.29, 1.82) is 0 Å². The number of nitrogens with zero attached hydrogens (tertiary/aromatic N) is 1. The van der Waals surface area contributed by atoms with Crippen LogP contribution in [-0.2, 0) is 20.7 Å². The number of aliphatic hydroxyl groups excluding tert-OH is 1. The molecule has 1 aromatic carbocycles. The molecule has 2 aliphatic heterocycles. The predicted molar refractivity (Wildman–Crippen MR) is 72.6 cm³/mol. The van der Waals surface area contributed by atoms with Gasteiger partial charge in [0.25, 0.3) is 5.91 Å². The van der Waals surface area contributed by atoms with Crippen LogP contribution in [0.5, 0.6) is 0 Å². The van der Waals surface area contributed by atoms with Gasteiger partial charge in [0.15, 0.2) is 6.10 Å². The first-order valence-electron chi connectivity index (χ1n) is 6.98. The largest absolute Gasteiger partial charge is 0.480 e. The van der Waals surface area contributed by atoms with Crippen LogP contribution in [-0.4, -0.2) is 52.3 Å². The molecule has 2 heterocycles. The fourth-order valence-corrected chi connectivity index (χ4v) is 3.04. The number of fused-ring (bicyclic) bond motifs is 1. The highest BCUT2D eigenvalue weighted by molar-refractivity contribution is 5.88. The van der Waals surface area contributed by atoms with E-state index in [0.29, 0.717) is 6.61 Å². The van der Waals surface area contributed by atoms with E-state index < -0.39 is 24.2 Å². The van der Waals surface area contributed by atoms with Gasteiger partial charge in [-0.25, -0.2) is 4.79 Å². The second kappa shape index (κ2) is 5.46. The SMILES string of the molecule is O=C(O)[C@@H]1C[C@H](O)CN1C(=O)C1OCCc2ccccc21. The highest BCUT2D eigenvalue weighted by Crippen LogP contribution is 2.31. The zero-order chi connectivity index (χ0) is 15.0. The summed E-state index contributed by atoms with van der Waals surface area (Å²) < 4.78 is 5.58. The fourth-order valence-electron chi connectivity index (χ4n) is 3.04. The number of amides is 1. The Morgan fingerprint density at radius 2 is 2.05 bits per heavy atom. The van der Waals surface area contributed by atoms with Crippen LogP contribution in [0.25, 0.3) is 0 Å². The highest BCUT2D eigenvalue weighted by Gasteiger charge is 2.42. The summed E-state index contributed by atoms with van der Waals surface area (Å²) in [6, 6.07) is 6.54. The molecule has 6 heteroatoms. The van der Waals surface area contributed by atoms with Gasteiger partial charge in [0.1, 0.15) is 6.04 Å². The Morgan fingerprint density at radius 1 is 1.29 bits per heavy atom. The summed E-state index contributed by atoms with van der Waals surface area (Å²) in [5, 5.41) is 18.9. The molecule has 1 saturated heterocycles. The van der Waals surface area contributed by atoms with Crippen molar-refractivity contribution >= 4 is 11.9 Å². The molecule has 21 heavy (non-hydrogen) atoms. The smallest absolute Gasteiger partial charge is 0.326 e. The zero-order valence-corrected chi connectivity index (χ0v) is 11.4. The molecular formula is C15H17NO5. The molecule has 0 saturated carbocycles. The number of β-amino-alcohol motifs (C(OH)–C–C–N with tert-alkyl or cyclic N) is 1. The van der Waals surface area contributed by atoms with Gasteiger partial charge >= 0.3 is 5.97 Å². The van der Waals surface area contributed by atoms with E-state index in [-0.39, 0.29) is 18.9 Å². The Bertz CT molecular complexity index is 573. The summed E-state index contributed by atoms with van der Waals surface area (Å²) >= 11 is 0. The summed E-state index contributed by atoms with van der Waals surface area (Å²) in [7, 11) is 0. The maximum Gasteiger partial charge on any atom is 0.326 e. The van der Waals surface area contributed by atoms with Crippen LogP contribution >= 0.6 is 0 Å². The molecule has 2 N–H and O–H groups in total. The number of carbonyl (C=O) groups excluding carboxylic acids is 1. The van der Waals surface area contributed by atoms with Crippen molar-refractivity contribution < 1.29 is 24.5 Å². The first-order chi connectivity index (χ1) is 10.1. The standard InChI is InChI=1S/C15H17NO5/c17-10-7-12(15(19)20)16(8-10)14(18)13-11-4-2-1-3-9(11)5-6-21-13/h1-4,10,12-13,17H,5-8H2,(H,19,20)/t10-,12-,13?/m0/s1. The molecule has 2 aliphatic rings. The van der Waals surface area contributed by atoms with Crippen LogP contribution in [0.1, 0.15) is 23.7 Å². The van der Waals surface area contributed by atoms with E-state index >= 15 is 0 Å². The van der Waals surface area contributed by atoms with Crippen LogP contribution in [0.4, 0.5) is 0 Å². The summed E-state index contributed by atoms with van der Waals surface area (Å²) in [6.45, 7) is 0.472. The number of carbonyl (C=O) groups is 2. The quantitative estimate of drug-likeness (QED) is 0.821. The lowest BCUT2D eigenvalue weighted by Crippen LogP contribution is -2.44. The molecule has 6 nitrogen and oxygen atoms in total. The van der Waals surface area contributed by atoms with Gasteiger partial charge in [0.2, 0.25) is 0 Å². The Hall–Kier alpha value is -1.92. The molecule has 0 spiro atoms. The molecule has 0 aromatic heterocycles. The van der Waals surface area contributed by atoms with Crippen LogP contribution in [0.15, 0.2) is 24.3 Å². The maximum atomic E-state index is 12.7. The van der Waals surface area contributed by atoms with Crippen LogP contribution < -0.4 is 0 Å². The number of hydrogen-bond donors (Lipinski definition) is 2. The number of carboxylic acids is 1. The molecular weight excluding hydrogens is 274 g/mol. The Morgan fingerprint density at radius 3 is 2.81 bits per heavy atom. The van der Waals surface area contributed by atoms with Gasteiger partial charge in [0.05, 0.1) is 12.7 Å². The summed E-state index contributed by atoms with van der Waals surface area (Å²) in [4.78, 5) is 25.1. The average molecular weight is 291 g/mol. The normalized spacial score (nSPS) is 28.2. The Balaban J connectivity index is 1.87. The lowest BCUT2D eigenvalue weighted by molar-refractivity contribution is -0.154. The first-order valence-corrected chi connectivity index (χ1v) is 6.98. The lowest BCUT2D eigenvalue weighted by atomic mass is 9.96. The summed E-state index contributed by atoms with van der Waals surface area (Å²) in [6.07, 6.45) is -0.767. The van der Waals surface area contributed by atoms with Gasteiger partial charge in [-0.2, -0.15) is 0 Å².